The van der Waals surface area contributed by atoms with Gasteiger partial charge in [0.05, 0.1) is 11.4 Å². The molecule has 0 spiro atoms. The number of aromatic nitrogens is 1. The minimum Gasteiger partial charge on any atom is -0.409 e. The fourth-order valence-corrected chi connectivity index (χ4v) is 4.46. The van der Waals surface area contributed by atoms with Crippen LogP contribution in [0.5, 0.6) is 5.75 Å². The molecule has 0 aliphatic carbocycles. The zero-order valence-electron chi connectivity index (χ0n) is 15.6. The number of hydrogen-bond acceptors (Lipinski definition) is 6. The molecule has 5 nitrogen and oxygen atoms in total. The van der Waals surface area contributed by atoms with Gasteiger partial charge < -0.3 is 9.74 Å². The summed E-state index contributed by atoms with van der Waals surface area (Å²) < 4.78 is 0. The number of benzene rings is 2. The Hall–Kier alpha value is -2.12. The first-order valence-corrected chi connectivity index (χ1v) is 10.6. The third kappa shape index (κ3) is 4.47. The minimum atomic E-state index is 0.725. The number of anilines is 1. The standard InChI is InChI=1S/C21H23ClN4OS/c22-17-8-6-16(7-9-17)21-24-18(15-28-21)14-25-10-3-11-26(13-12-25)19-4-1-2-5-20(19)27-23/h1-2,4-9,15H,3,10-14,23H2. The van der Waals surface area contributed by atoms with Crippen LogP contribution >= 0.6 is 22.9 Å². The molecule has 146 valence electrons. The highest BCUT2D eigenvalue weighted by Gasteiger charge is 2.18. The Bertz CT molecular complexity index is 915. The predicted octanol–water partition coefficient (Wildman–Crippen LogP) is 4.43. The van der Waals surface area contributed by atoms with Crippen LogP contribution in [0.4, 0.5) is 5.69 Å². The number of hydrogen-bond donors (Lipinski definition) is 1. The van der Waals surface area contributed by atoms with E-state index in [-0.39, 0.29) is 0 Å². The highest BCUT2D eigenvalue weighted by atomic mass is 35.5. The lowest BCUT2D eigenvalue weighted by Gasteiger charge is -2.24. The van der Waals surface area contributed by atoms with Gasteiger partial charge in [-0.3, -0.25) is 4.90 Å². The van der Waals surface area contributed by atoms with E-state index in [2.05, 4.69) is 21.2 Å². The molecule has 2 N–H and O–H groups in total. The topological polar surface area (TPSA) is 54.6 Å². The van der Waals surface area contributed by atoms with Crippen molar-refractivity contribution in [3.63, 3.8) is 0 Å². The summed E-state index contributed by atoms with van der Waals surface area (Å²) >= 11 is 7.66. The van der Waals surface area contributed by atoms with Crippen LogP contribution in [0, 0.1) is 0 Å². The summed E-state index contributed by atoms with van der Waals surface area (Å²) in [5.41, 5.74) is 3.29. The molecule has 4 rings (SSSR count). The second kappa shape index (κ2) is 8.92. The van der Waals surface area contributed by atoms with Crippen LogP contribution in [-0.2, 0) is 6.54 Å². The van der Waals surface area contributed by atoms with E-state index < -0.39 is 0 Å². The molecule has 1 aliphatic rings. The smallest absolute Gasteiger partial charge is 0.170 e. The summed E-state index contributed by atoms with van der Waals surface area (Å²) in [7, 11) is 0. The van der Waals surface area contributed by atoms with Crippen molar-refractivity contribution in [1.29, 1.82) is 0 Å². The van der Waals surface area contributed by atoms with Crippen molar-refractivity contribution >= 4 is 28.6 Å². The SMILES string of the molecule is NOc1ccccc1N1CCCN(Cc2csc(-c3ccc(Cl)cc3)n2)CC1. The lowest BCUT2D eigenvalue weighted by molar-refractivity contribution is 0.282. The minimum absolute atomic E-state index is 0.725. The molecule has 28 heavy (non-hydrogen) atoms. The first kappa shape index (κ1) is 19.2. The van der Waals surface area contributed by atoms with Crippen molar-refractivity contribution < 1.29 is 4.84 Å². The Morgan fingerprint density at radius 1 is 1.04 bits per heavy atom. The van der Waals surface area contributed by atoms with Gasteiger partial charge >= 0.3 is 0 Å². The highest BCUT2D eigenvalue weighted by Crippen LogP contribution is 2.29. The molecule has 1 fully saturated rings. The number of halogens is 1. The molecule has 1 aromatic heterocycles. The fraction of sp³-hybridized carbons (Fsp3) is 0.286. The largest absolute Gasteiger partial charge is 0.409 e. The summed E-state index contributed by atoms with van der Waals surface area (Å²) in [6, 6.07) is 15.8. The Labute approximate surface area is 174 Å². The molecule has 0 atom stereocenters. The van der Waals surface area contributed by atoms with Crippen molar-refractivity contribution in [2.75, 3.05) is 31.1 Å². The Morgan fingerprint density at radius 2 is 1.86 bits per heavy atom. The lowest BCUT2D eigenvalue weighted by atomic mass is 10.2. The van der Waals surface area contributed by atoms with Crippen molar-refractivity contribution in [1.82, 2.24) is 9.88 Å². The zero-order chi connectivity index (χ0) is 19.3. The summed E-state index contributed by atoms with van der Waals surface area (Å²) in [5.74, 6) is 6.16. The van der Waals surface area contributed by atoms with Gasteiger partial charge in [-0.15, -0.1) is 11.3 Å². The van der Waals surface area contributed by atoms with Gasteiger partial charge in [-0.2, -0.15) is 5.90 Å². The van der Waals surface area contributed by atoms with Crippen LogP contribution in [0.2, 0.25) is 5.02 Å². The van der Waals surface area contributed by atoms with Crippen LogP contribution in [0.25, 0.3) is 10.6 Å². The van der Waals surface area contributed by atoms with Gasteiger partial charge in [0, 0.05) is 48.7 Å². The first-order valence-electron chi connectivity index (χ1n) is 9.36. The van der Waals surface area contributed by atoms with E-state index in [1.807, 2.05) is 42.5 Å². The van der Waals surface area contributed by atoms with E-state index >= 15 is 0 Å². The van der Waals surface area contributed by atoms with Gasteiger partial charge in [0.15, 0.2) is 5.75 Å². The van der Waals surface area contributed by atoms with E-state index in [0.29, 0.717) is 0 Å². The molecule has 0 radical (unpaired) electrons. The van der Waals surface area contributed by atoms with E-state index in [0.717, 1.165) is 71.9 Å². The van der Waals surface area contributed by atoms with Crippen LogP contribution in [-0.4, -0.2) is 36.1 Å². The predicted molar refractivity (Wildman–Crippen MR) is 116 cm³/mol. The summed E-state index contributed by atoms with van der Waals surface area (Å²) in [4.78, 5) is 14.7. The summed E-state index contributed by atoms with van der Waals surface area (Å²) in [6.45, 7) is 4.83. The average Bonchev–Trinajstić information content (AvgIpc) is 3.06. The maximum atomic E-state index is 5.98. The monoisotopic (exact) mass is 414 g/mol. The van der Waals surface area contributed by atoms with Crippen LogP contribution in [0.15, 0.2) is 53.9 Å². The highest BCUT2D eigenvalue weighted by molar-refractivity contribution is 7.13. The van der Waals surface area contributed by atoms with Crippen molar-refractivity contribution in [3.8, 4) is 16.3 Å². The zero-order valence-corrected chi connectivity index (χ0v) is 17.1. The molecule has 1 aliphatic heterocycles. The third-order valence-corrected chi connectivity index (χ3v) is 6.14. The van der Waals surface area contributed by atoms with Gasteiger partial charge in [-0.1, -0.05) is 35.9 Å². The molecule has 0 saturated carbocycles. The Kier molecular flexibility index (Phi) is 6.12. The molecule has 2 heterocycles. The van der Waals surface area contributed by atoms with Gasteiger partial charge in [0.2, 0.25) is 0 Å². The Morgan fingerprint density at radius 3 is 2.68 bits per heavy atom. The quantitative estimate of drug-likeness (QED) is 0.626. The molecule has 7 heteroatoms. The number of nitrogens with zero attached hydrogens (tertiary/aromatic N) is 3. The van der Waals surface area contributed by atoms with Crippen molar-refractivity contribution in [2.45, 2.75) is 13.0 Å². The summed E-state index contributed by atoms with van der Waals surface area (Å²) in [6.07, 6.45) is 1.09. The number of rotatable bonds is 5. The Balaban J connectivity index is 1.39. The maximum absolute atomic E-state index is 5.98. The van der Waals surface area contributed by atoms with E-state index in [4.69, 9.17) is 27.3 Å². The molecule has 1 saturated heterocycles. The summed E-state index contributed by atoms with van der Waals surface area (Å²) in [5, 5.41) is 3.94. The molecule has 2 aromatic carbocycles. The number of thiazole rings is 1. The second-order valence-corrected chi connectivity index (χ2v) is 8.15. The van der Waals surface area contributed by atoms with Crippen molar-refractivity contribution in [3.05, 3.63) is 64.6 Å². The van der Waals surface area contributed by atoms with Crippen LogP contribution < -0.4 is 15.6 Å². The molecule has 0 unspecified atom stereocenters. The number of nitrogens with two attached hydrogens (primary N) is 1. The molecular weight excluding hydrogens is 392 g/mol. The van der Waals surface area contributed by atoms with Gasteiger partial charge in [-0.05, 0) is 30.7 Å². The van der Waals surface area contributed by atoms with E-state index in [9.17, 15) is 0 Å². The van der Waals surface area contributed by atoms with Gasteiger partial charge in [0.1, 0.15) is 5.01 Å². The van der Waals surface area contributed by atoms with Crippen LogP contribution in [0.3, 0.4) is 0 Å². The normalized spacial score (nSPS) is 15.4. The molecular formula is C21H23ClN4OS. The van der Waals surface area contributed by atoms with Crippen LogP contribution in [0.1, 0.15) is 12.1 Å². The second-order valence-electron chi connectivity index (χ2n) is 6.85. The lowest BCUT2D eigenvalue weighted by Crippen LogP contribution is -2.31. The van der Waals surface area contributed by atoms with Crippen molar-refractivity contribution in [2.24, 2.45) is 5.90 Å². The average molecular weight is 415 g/mol. The van der Waals surface area contributed by atoms with E-state index in [1.54, 1.807) is 11.3 Å². The van der Waals surface area contributed by atoms with Gasteiger partial charge in [0.25, 0.3) is 0 Å². The van der Waals surface area contributed by atoms with E-state index in [1.165, 1.54) is 0 Å². The first-order chi connectivity index (χ1) is 13.7. The maximum Gasteiger partial charge on any atom is 0.170 e. The molecule has 0 amide bonds. The third-order valence-electron chi connectivity index (χ3n) is 4.95. The fourth-order valence-electron chi connectivity index (χ4n) is 3.52. The molecule has 3 aromatic rings. The molecule has 0 bridgehead atoms. The van der Waals surface area contributed by atoms with Gasteiger partial charge in [-0.25, -0.2) is 4.98 Å². The number of para-hydroxylation sites is 2.